The number of carbonyl (C=O) groups is 2. The Morgan fingerprint density at radius 1 is 1.18 bits per heavy atom. The number of aliphatic hydroxyl groups excluding tert-OH is 2. The second kappa shape index (κ2) is 18.0. The monoisotopic (exact) mass is 631 g/mol. The van der Waals surface area contributed by atoms with E-state index in [4.69, 9.17) is 18.9 Å². The van der Waals surface area contributed by atoms with Gasteiger partial charge in [0.05, 0.1) is 30.8 Å². The predicted molar refractivity (Wildman–Crippen MR) is 174 cm³/mol. The molecule has 3 aliphatic rings. The first kappa shape index (κ1) is 37.0. The summed E-state index contributed by atoms with van der Waals surface area (Å²) in [4.78, 5) is 25.5. The van der Waals surface area contributed by atoms with Gasteiger partial charge in [0, 0.05) is 30.9 Å². The molecule has 2 heterocycles. The van der Waals surface area contributed by atoms with Crippen LogP contribution in [0.5, 0.6) is 0 Å². The minimum absolute atomic E-state index is 0.0288. The lowest BCUT2D eigenvalue weighted by Crippen LogP contribution is -2.38. The fourth-order valence-electron chi connectivity index (χ4n) is 6.48. The molecule has 10 atom stereocenters. The molecule has 0 aromatic carbocycles. The molecule has 45 heavy (non-hydrogen) atoms. The number of ether oxygens (including phenoxy) is 4. The highest BCUT2D eigenvalue weighted by atomic mass is 16.6. The first-order valence-corrected chi connectivity index (χ1v) is 16.9. The molecular weight excluding hydrogens is 574 g/mol. The van der Waals surface area contributed by atoms with E-state index in [1.165, 1.54) is 6.42 Å². The third kappa shape index (κ3) is 11.4. The van der Waals surface area contributed by atoms with E-state index in [1.54, 1.807) is 13.2 Å². The number of amides is 1. The topological polar surface area (TPSA) is 127 Å². The van der Waals surface area contributed by atoms with Gasteiger partial charge in [0.25, 0.3) is 0 Å². The molecule has 1 saturated heterocycles. The van der Waals surface area contributed by atoms with E-state index in [2.05, 4.69) is 25.7 Å². The van der Waals surface area contributed by atoms with Gasteiger partial charge in [-0.3, -0.25) is 4.79 Å². The number of methoxy groups -OCH3 is 1. The van der Waals surface area contributed by atoms with E-state index in [-0.39, 0.29) is 48.5 Å². The Labute approximate surface area is 270 Å². The number of cyclic esters (lactones) is 1. The first-order chi connectivity index (χ1) is 21.4. The number of allylic oxidation sites excluding steroid dienone is 2. The van der Waals surface area contributed by atoms with Crippen molar-refractivity contribution in [2.24, 2.45) is 17.8 Å². The number of aliphatic hydroxyl groups is 2. The van der Waals surface area contributed by atoms with Crippen molar-refractivity contribution in [2.75, 3.05) is 7.11 Å². The van der Waals surface area contributed by atoms with Crippen molar-refractivity contribution in [3.05, 3.63) is 48.1 Å². The zero-order valence-electron chi connectivity index (χ0n) is 28.2. The van der Waals surface area contributed by atoms with Gasteiger partial charge < -0.3 is 34.5 Å². The van der Waals surface area contributed by atoms with Crippen LogP contribution in [0.25, 0.3) is 0 Å². The van der Waals surface area contributed by atoms with Crippen molar-refractivity contribution in [1.29, 1.82) is 0 Å². The highest BCUT2D eigenvalue weighted by Gasteiger charge is 2.50. The Hall–Kier alpha value is -2.46. The van der Waals surface area contributed by atoms with Gasteiger partial charge in [-0.15, -0.1) is 0 Å². The molecule has 0 spiro atoms. The quantitative estimate of drug-likeness (QED) is 0.111. The van der Waals surface area contributed by atoms with E-state index < -0.39 is 36.5 Å². The lowest BCUT2D eigenvalue weighted by Gasteiger charge is -2.27. The van der Waals surface area contributed by atoms with Crippen molar-refractivity contribution in [3.63, 3.8) is 0 Å². The molecule has 0 aromatic heterocycles. The van der Waals surface area contributed by atoms with Gasteiger partial charge in [-0.05, 0) is 56.3 Å². The molecule has 1 aliphatic carbocycles. The summed E-state index contributed by atoms with van der Waals surface area (Å²) < 4.78 is 23.1. The van der Waals surface area contributed by atoms with Crippen LogP contribution in [0.1, 0.15) is 92.4 Å². The average molecular weight is 632 g/mol. The van der Waals surface area contributed by atoms with E-state index >= 15 is 0 Å². The lowest BCUT2D eigenvalue weighted by molar-refractivity contribution is -0.151. The summed E-state index contributed by atoms with van der Waals surface area (Å²) >= 11 is 0. The molecule has 2 fully saturated rings. The Morgan fingerprint density at radius 2 is 1.89 bits per heavy atom. The summed E-state index contributed by atoms with van der Waals surface area (Å²) in [7, 11) is 1.71. The van der Waals surface area contributed by atoms with Crippen molar-refractivity contribution >= 4 is 12.1 Å². The van der Waals surface area contributed by atoms with E-state index in [0.717, 1.165) is 37.7 Å². The van der Waals surface area contributed by atoms with Gasteiger partial charge in [0.1, 0.15) is 18.3 Å². The fourth-order valence-corrected chi connectivity index (χ4v) is 6.48. The van der Waals surface area contributed by atoms with Crippen LogP contribution < -0.4 is 5.32 Å². The zero-order chi connectivity index (χ0) is 33.1. The van der Waals surface area contributed by atoms with Crippen LogP contribution in [0.4, 0.5) is 4.79 Å². The van der Waals surface area contributed by atoms with Gasteiger partial charge in [-0.1, -0.05) is 77.8 Å². The first-order valence-electron chi connectivity index (χ1n) is 16.9. The summed E-state index contributed by atoms with van der Waals surface area (Å²) in [5.41, 5.74) is 1.46. The van der Waals surface area contributed by atoms with Crippen LogP contribution in [0.15, 0.2) is 48.1 Å². The van der Waals surface area contributed by atoms with Gasteiger partial charge >= 0.3 is 12.1 Å². The van der Waals surface area contributed by atoms with E-state index in [1.807, 2.05) is 45.1 Å². The van der Waals surface area contributed by atoms with Gasteiger partial charge in [0.2, 0.25) is 0 Å². The molecule has 0 bridgehead atoms. The predicted octanol–water partition coefficient (Wildman–Crippen LogP) is 5.95. The number of hydrogen-bond donors (Lipinski definition) is 3. The SMILES string of the molecule is C=C1CCC(O)CC(=O)OC(/C(C)=C/C=C/C(C)C(O)C2OC2C(C)C(CC)OC)C(C)/C=C/C1OC(=O)NC1CCCCC1. The normalized spacial score (nSPS) is 32.4. The molecule has 9 nitrogen and oxygen atoms in total. The molecule has 10 unspecified atom stereocenters. The number of hydrogen-bond acceptors (Lipinski definition) is 8. The highest BCUT2D eigenvalue weighted by molar-refractivity contribution is 5.70. The van der Waals surface area contributed by atoms with Gasteiger partial charge in [-0.25, -0.2) is 4.79 Å². The number of alkyl carbamates (subject to hydrolysis) is 1. The average Bonchev–Trinajstić information content (AvgIpc) is 3.81. The standard InChI is InChI=1S/C36H57NO8/c1-8-29(42-7)26(6)34-35(45-34)32(40)23(3)13-12-14-24(4)33-25(5)18-20-30(22(2)17-19-28(38)21-31(39)44-33)43-36(41)37-27-15-10-9-11-16-27/h12-14,18,20,23,25-30,32-35,38,40H,2,8-11,15-17,19,21H2,1,3-7H3,(H,37,41)/b13-12+,20-18+,24-14+. The summed E-state index contributed by atoms with van der Waals surface area (Å²) in [5.74, 6) is -0.705. The number of carbonyl (C=O) groups excluding carboxylic acids is 2. The smallest absolute Gasteiger partial charge is 0.408 e. The molecule has 0 aromatic rings. The van der Waals surface area contributed by atoms with Crippen LogP contribution in [0.2, 0.25) is 0 Å². The maximum Gasteiger partial charge on any atom is 0.408 e. The van der Waals surface area contributed by atoms with Crippen LogP contribution in [0.3, 0.4) is 0 Å². The summed E-state index contributed by atoms with van der Waals surface area (Å²) in [6.07, 6.45) is 12.6. The van der Waals surface area contributed by atoms with E-state index in [0.29, 0.717) is 18.4 Å². The maximum absolute atomic E-state index is 12.8. The number of epoxide rings is 1. The molecule has 1 saturated carbocycles. The van der Waals surface area contributed by atoms with Crippen LogP contribution in [-0.4, -0.2) is 78.2 Å². The highest BCUT2D eigenvalue weighted by Crippen LogP contribution is 2.37. The largest absolute Gasteiger partial charge is 0.457 e. The number of nitrogens with one attached hydrogen (secondary N) is 1. The van der Waals surface area contributed by atoms with Gasteiger partial charge in [0.15, 0.2) is 0 Å². The lowest BCUT2D eigenvalue weighted by atomic mass is 9.91. The van der Waals surface area contributed by atoms with Crippen molar-refractivity contribution < 1.29 is 38.7 Å². The third-order valence-electron chi connectivity index (χ3n) is 9.56. The molecule has 1 amide bonds. The number of rotatable bonds is 11. The molecule has 9 heteroatoms. The third-order valence-corrected chi connectivity index (χ3v) is 9.56. The number of esters is 1. The van der Waals surface area contributed by atoms with Crippen molar-refractivity contribution in [3.8, 4) is 0 Å². The fraction of sp³-hybridized carbons (Fsp3) is 0.722. The molecule has 0 radical (unpaired) electrons. The second-order valence-corrected chi connectivity index (χ2v) is 13.3. The van der Waals surface area contributed by atoms with Crippen molar-refractivity contribution in [1.82, 2.24) is 5.32 Å². The minimum atomic E-state index is -0.899. The Morgan fingerprint density at radius 3 is 2.56 bits per heavy atom. The Bertz CT molecular complexity index is 1060. The molecule has 2 aliphatic heterocycles. The Kier molecular flexibility index (Phi) is 14.8. The molecule has 254 valence electrons. The maximum atomic E-state index is 12.8. The zero-order valence-corrected chi connectivity index (χ0v) is 28.2. The second-order valence-electron chi connectivity index (χ2n) is 13.3. The molecular formula is C36H57NO8. The Balaban J connectivity index is 1.68. The molecule has 3 N–H and O–H groups in total. The minimum Gasteiger partial charge on any atom is -0.457 e. The van der Waals surface area contributed by atoms with Crippen LogP contribution >= 0.6 is 0 Å². The van der Waals surface area contributed by atoms with Gasteiger partial charge in [-0.2, -0.15) is 0 Å². The van der Waals surface area contributed by atoms with E-state index in [9.17, 15) is 19.8 Å². The van der Waals surface area contributed by atoms with Crippen LogP contribution in [0, 0.1) is 17.8 Å². The summed E-state index contributed by atoms with van der Waals surface area (Å²) in [6.45, 7) is 14.1. The van der Waals surface area contributed by atoms with Crippen LogP contribution in [-0.2, 0) is 23.7 Å². The summed E-state index contributed by atoms with van der Waals surface area (Å²) in [6, 6.07) is 0.120. The summed E-state index contributed by atoms with van der Waals surface area (Å²) in [5, 5.41) is 24.4. The van der Waals surface area contributed by atoms with Crippen molar-refractivity contribution in [2.45, 2.75) is 141 Å². The molecule has 3 rings (SSSR count).